The van der Waals surface area contributed by atoms with Crippen molar-refractivity contribution in [1.82, 2.24) is 10.6 Å². The van der Waals surface area contributed by atoms with Crippen LogP contribution < -0.4 is 10.6 Å². The van der Waals surface area contributed by atoms with Crippen LogP contribution in [0.4, 0.5) is 0 Å². The van der Waals surface area contributed by atoms with E-state index < -0.39 is 0 Å². The highest BCUT2D eigenvalue weighted by Gasteiger charge is 1.96. The van der Waals surface area contributed by atoms with E-state index in [1.54, 1.807) is 11.3 Å². The molecular formula is C10H17BrN2S. The summed E-state index contributed by atoms with van der Waals surface area (Å²) in [6.07, 6.45) is 0. The summed E-state index contributed by atoms with van der Waals surface area (Å²) >= 11 is 5.23. The lowest BCUT2D eigenvalue weighted by atomic mass is 10.4. The summed E-state index contributed by atoms with van der Waals surface area (Å²) in [6.45, 7) is 7.35. The molecule has 2 nitrogen and oxygen atoms in total. The first-order valence-electron chi connectivity index (χ1n) is 4.85. The van der Waals surface area contributed by atoms with E-state index in [0.717, 1.165) is 19.6 Å². The Balaban J connectivity index is 2.04. The van der Waals surface area contributed by atoms with E-state index in [-0.39, 0.29) is 0 Å². The number of rotatable bonds is 6. The average Bonchev–Trinajstić information content (AvgIpc) is 2.50. The van der Waals surface area contributed by atoms with Gasteiger partial charge in [-0.15, -0.1) is 11.3 Å². The minimum Gasteiger partial charge on any atom is -0.313 e. The summed E-state index contributed by atoms with van der Waals surface area (Å²) in [5, 5.41) is 8.88. The van der Waals surface area contributed by atoms with E-state index in [2.05, 4.69) is 51.9 Å². The minimum atomic E-state index is 0.577. The third-order valence-electron chi connectivity index (χ3n) is 1.78. The summed E-state index contributed by atoms with van der Waals surface area (Å²) in [5.41, 5.74) is 0. The van der Waals surface area contributed by atoms with Crippen LogP contribution in [0.15, 0.2) is 15.9 Å². The first-order valence-corrected chi connectivity index (χ1v) is 6.53. The van der Waals surface area contributed by atoms with Gasteiger partial charge in [0.15, 0.2) is 0 Å². The predicted molar refractivity (Wildman–Crippen MR) is 66.9 cm³/mol. The molecule has 1 heterocycles. The van der Waals surface area contributed by atoms with Crippen LogP contribution in [0.2, 0.25) is 0 Å². The second-order valence-corrected chi connectivity index (χ2v) is 5.43. The van der Waals surface area contributed by atoms with Crippen molar-refractivity contribution in [3.05, 3.63) is 20.8 Å². The lowest BCUT2D eigenvalue weighted by Crippen LogP contribution is -2.31. The maximum Gasteiger partial charge on any atom is 0.0300 e. The second kappa shape index (κ2) is 6.56. The van der Waals surface area contributed by atoms with E-state index in [4.69, 9.17) is 0 Å². The van der Waals surface area contributed by atoms with E-state index >= 15 is 0 Å². The van der Waals surface area contributed by atoms with Crippen LogP contribution in [-0.2, 0) is 6.54 Å². The first kappa shape index (κ1) is 12.2. The molecule has 0 saturated carbocycles. The van der Waals surface area contributed by atoms with Crippen LogP contribution >= 0.6 is 27.3 Å². The summed E-state index contributed by atoms with van der Waals surface area (Å²) in [5.74, 6) is 0. The molecule has 0 unspecified atom stereocenters. The van der Waals surface area contributed by atoms with Gasteiger partial charge in [0.1, 0.15) is 0 Å². The number of hydrogen-bond donors (Lipinski definition) is 2. The van der Waals surface area contributed by atoms with E-state index in [1.807, 2.05) is 0 Å². The zero-order valence-electron chi connectivity index (χ0n) is 8.64. The van der Waals surface area contributed by atoms with Gasteiger partial charge in [0.05, 0.1) is 0 Å². The number of thiophene rings is 1. The molecule has 0 aromatic carbocycles. The van der Waals surface area contributed by atoms with Crippen molar-refractivity contribution >= 4 is 27.3 Å². The lowest BCUT2D eigenvalue weighted by Gasteiger charge is -2.08. The highest BCUT2D eigenvalue weighted by Crippen LogP contribution is 2.19. The lowest BCUT2D eigenvalue weighted by molar-refractivity contribution is 0.557. The minimum absolute atomic E-state index is 0.577. The van der Waals surface area contributed by atoms with Gasteiger partial charge in [-0.3, -0.25) is 0 Å². The van der Waals surface area contributed by atoms with Crippen molar-refractivity contribution < 1.29 is 0 Å². The van der Waals surface area contributed by atoms with E-state index in [9.17, 15) is 0 Å². The van der Waals surface area contributed by atoms with Gasteiger partial charge in [0, 0.05) is 40.4 Å². The Kier molecular flexibility index (Phi) is 5.70. The summed E-state index contributed by atoms with van der Waals surface area (Å²) < 4.78 is 1.18. The Morgan fingerprint density at radius 3 is 2.79 bits per heavy atom. The molecule has 1 aromatic rings. The SMILES string of the molecule is CC(C)NCCNCc1cc(Br)cs1. The van der Waals surface area contributed by atoms with Crippen LogP contribution in [0.1, 0.15) is 18.7 Å². The maximum absolute atomic E-state index is 3.44. The van der Waals surface area contributed by atoms with Gasteiger partial charge in [0.2, 0.25) is 0 Å². The molecule has 0 atom stereocenters. The second-order valence-electron chi connectivity index (χ2n) is 3.52. The maximum atomic E-state index is 3.44. The third kappa shape index (κ3) is 5.10. The quantitative estimate of drug-likeness (QED) is 0.781. The molecule has 0 fully saturated rings. The molecule has 14 heavy (non-hydrogen) atoms. The molecule has 0 aliphatic carbocycles. The molecule has 0 spiro atoms. The zero-order chi connectivity index (χ0) is 10.4. The monoisotopic (exact) mass is 276 g/mol. The van der Waals surface area contributed by atoms with Crippen LogP contribution in [0.25, 0.3) is 0 Å². The Morgan fingerprint density at radius 1 is 1.43 bits per heavy atom. The fraction of sp³-hybridized carbons (Fsp3) is 0.600. The topological polar surface area (TPSA) is 24.1 Å². The molecule has 4 heteroatoms. The van der Waals surface area contributed by atoms with Gasteiger partial charge >= 0.3 is 0 Å². The molecule has 0 radical (unpaired) electrons. The van der Waals surface area contributed by atoms with Gasteiger partial charge in [-0.25, -0.2) is 0 Å². The fourth-order valence-corrected chi connectivity index (χ4v) is 2.53. The van der Waals surface area contributed by atoms with Gasteiger partial charge in [0.25, 0.3) is 0 Å². The van der Waals surface area contributed by atoms with Crippen molar-refractivity contribution in [3.63, 3.8) is 0 Å². The Morgan fingerprint density at radius 2 is 2.21 bits per heavy atom. The standard InChI is InChI=1S/C10H17BrN2S/c1-8(2)13-4-3-12-6-10-5-9(11)7-14-10/h5,7-8,12-13H,3-4,6H2,1-2H3. The number of hydrogen-bond acceptors (Lipinski definition) is 3. The van der Waals surface area contributed by atoms with Crippen molar-refractivity contribution in [2.45, 2.75) is 26.4 Å². The van der Waals surface area contributed by atoms with Crippen LogP contribution in [0.5, 0.6) is 0 Å². The molecule has 80 valence electrons. The molecule has 0 aliphatic rings. The van der Waals surface area contributed by atoms with Crippen LogP contribution in [0.3, 0.4) is 0 Å². The average molecular weight is 277 g/mol. The summed E-state index contributed by atoms with van der Waals surface area (Å²) in [4.78, 5) is 1.38. The highest BCUT2D eigenvalue weighted by atomic mass is 79.9. The molecule has 0 aliphatic heterocycles. The third-order valence-corrected chi connectivity index (χ3v) is 3.47. The predicted octanol–water partition coefficient (Wildman–Crippen LogP) is 2.60. The Hall–Kier alpha value is 0.1000. The van der Waals surface area contributed by atoms with Crippen LogP contribution in [0, 0.1) is 0 Å². The molecule has 0 saturated heterocycles. The number of nitrogens with one attached hydrogen (secondary N) is 2. The molecule has 1 aromatic heterocycles. The van der Waals surface area contributed by atoms with Crippen molar-refractivity contribution in [2.24, 2.45) is 0 Å². The van der Waals surface area contributed by atoms with E-state index in [0.29, 0.717) is 6.04 Å². The molecular weight excluding hydrogens is 260 g/mol. The Bertz CT molecular complexity index is 260. The summed E-state index contributed by atoms with van der Waals surface area (Å²) in [6, 6.07) is 2.74. The largest absolute Gasteiger partial charge is 0.313 e. The van der Waals surface area contributed by atoms with Gasteiger partial charge in [-0.2, -0.15) is 0 Å². The molecule has 2 N–H and O–H groups in total. The molecule has 0 bridgehead atoms. The smallest absolute Gasteiger partial charge is 0.0300 e. The first-order chi connectivity index (χ1) is 6.68. The van der Waals surface area contributed by atoms with Gasteiger partial charge < -0.3 is 10.6 Å². The molecule has 1 rings (SSSR count). The fourth-order valence-electron chi connectivity index (χ4n) is 1.11. The van der Waals surface area contributed by atoms with Crippen molar-refractivity contribution in [3.8, 4) is 0 Å². The normalized spacial score (nSPS) is 11.1. The Labute approximate surface area is 98.2 Å². The van der Waals surface area contributed by atoms with Gasteiger partial charge in [-0.1, -0.05) is 13.8 Å². The van der Waals surface area contributed by atoms with Crippen molar-refractivity contribution in [1.29, 1.82) is 0 Å². The highest BCUT2D eigenvalue weighted by molar-refractivity contribution is 9.10. The van der Waals surface area contributed by atoms with Crippen molar-refractivity contribution in [2.75, 3.05) is 13.1 Å². The number of halogens is 1. The van der Waals surface area contributed by atoms with Gasteiger partial charge in [-0.05, 0) is 22.0 Å². The molecule has 0 amide bonds. The zero-order valence-corrected chi connectivity index (χ0v) is 11.0. The van der Waals surface area contributed by atoms with E-state index in [1.165, 1.54) is 9.35 Å². The van der Waals surface area contributed by atoms with Crippen LogP contribution in [-0.4, -0.2) is 19.1 Å². The summed E-state index contributed by atoms with van der Waals surface area (Å²) in [7, 11) is 0.